The average Bonchev–Trinajstić information content (AvgIpc) is 3.47. The van der Waals surface area contributed by atoms with Gasteiger partial charge in [0.1, 0.15) is 35.9 Å². The van der Waals surface area contributed by atoms with E-state index in [2.05, 4.69) is 4.98 Å². The molecule has 44 heavy (non-hydrogen) atoms. The molecule has 3 aliphatic rings. The molecule has 0 saturated carbocycles. The van der Waals surface area contributed by atoms with Gasteiger partial charge >= 0.3 is 11.9 Å². The van der Waals surface area contributed by atoms with Crippen LogP contribution in [0.25, 0.3) is 6.08 Å². The Morgan fingerprint density at radius 1 is 1.20 bits per heavy atom. The van der Waals surface area contributed by atoms with E-state index in [0.29, 0.717) is 25.2 Å². The fraction of sp³-hybridized carbons (Fsp3) is 0.571. The summed E-state index contributed by atoms with van der Waals surface area (Å²) >= 11 is 0. The Labute approximate surface area is 260 Å². The number of carbonyl (C=O) groups is 2. The number of rotatable bonds is 7. The fourth-order valence-electron chi connectivity index (χ4n) is 6.11. The van der Waals surface area contributed by atoms with Gasteiger partial charge in [-0.15, -0.1) is 0 Å². The second-order valence-corrected chi connectivity index (χ2v) is 12.6. The second-order valence-electron chi connectivity index (χ2n) is 12.6. The van der Waals surface area contributed by atoms with Crippen LogP contribution >= 0.6 is 0 Å². The molecule has 4 rings (SSSR count). The van der Waals surface area contributed by atoms with Crippen molar-refractivity contribution in [3.8, 4) is 0 Å². The Bertz CT molecular complexity index is 1320. The third-order valence-corrected chi connectivity index (χ3v) is 8.97. The molecule has 0 aliphatic carbocycles. The maximum Gasteiger partial charge on any atom is 0.330 e. The summed E-state index contributed by atoms with van der Waals surface area (Å²) in [6, 6.07) is 0. The number of aryl methyl sites for hydroxylation is 1. The molecule has 1 N–H and O–H groups in total. The summed E-state index contributed by atoms with van der Waals surface area (Å²) in [5, 5.41) is 11.3. The Kier molecular flexibility index (Phi) is 11.2. The molecule has 2 fully saturated rings. The second kappa shape index (κ2) is 14.7. The van der Waals surface area contributed by atoms with Gasteiger partial charge in [0, 0.05) is 44.8 Å². The third kappa shape index (κ3) is 8.67. The van der Waals surface area contributed by atoms with Crippen molar-refractivity contribution in [1.29, 1.82) is 0 Å². The summed E-state index contributed by atoms with van der Waals surface area (Å²) in [5.74, 6) is -0.299. The highest BCUT2D eigenvalue weighted by molar-refractivity contribution is 5.82. The SMILES string of the molecule is CO[C@@H](/C(C)=C/C=C/C(C)=C/c1coc(C)n1)[C@@H](C)C1C[C@H](O)[C@]2(C)O[C@@H]2/C=C/[C@@H](C)[C@H]2C[C@@H](C/C=C/C(=O)O1)CC(=O)O2. The van der Waals surface area contributed by atoms with Crippen molar-refractivity contribution in [3.63, 3.8) is 0 Å². The normalized spacial score (nSPS) is 34.9. The van der Waals surface area contributed by atoms with E-state index in [1.807, 2.05) is 71.1 Å². The maximum atomic E-state index is 13.0. The molecule has 1 unspecified atom stereocenters. The molecule has 240 valence electrons. The zero-order valence-corrected chi connectivity index (χ0v) is 26.9. The van der Waals surface area contributed by atoms with Gasteiger partial charge in [0.2, 0.25) is 0 Å². The standard InChI is InChI=1S/C35H47NO8/c1-21(16-27-20-41-25(5)36-27)10-8-11-23(3)34(40-7)24(4)29-19-30(37)35(6)31(44-35)15-14-22(2)28-17-26(18-33(39)42-28)12-9-13-32(38)43-29/h8-11,13-16,20,22,24,26,28-31,34,37H,12,17-19H2,1-7H3/b10-8+,13-9+,15-14+,21-16+,23-11+/t22-,24+,26-,28-,29?,30+,31-,34+,35+/m1/s1. The van der Waals surface area contributed by atoms with Gasteiger partial charge in [0.05, 0.1) is 12.2 Å². The van der Waals surface area contributed by atoms with Gasteiger partial charge in [-0.25, -0.2) is 9.78 Å². The molecule has 3 aliphatic heterocycles. The minimum Gasteiger partial charge on any atom is -0.462 e. The lowest BCUT2D eigenvalue weighted by Gasteiger charge is -2.32. The Morgan fingerprint density at radius 2 is 1.98 bits per heavy atom. The molecular formula is C35H47NO8. The number of aliphatic hydroxyl groups is 1. The summed E-state index contributed by atoms with van der Waals surface area (Å²) in [6.07, 6.45) is 15.9. The highest BCUT2D eigenvalue weighted by atomic mass is 16.6. The molecule has 9 nitrogen and oxygen atoms in total. The van der Waals surface area contributed by atoms with E-state index >= 15 is 0 Å². The molecule has 0 spiro atoms. The van der Waals surface area contributed by atoms with E-state index in [-0.39, 0.29) is 48.5 Å². The zero-order chi connectivity index (χ0) is 32.0. The first-order valence-corrected chi connectivity index (χ1v) is 15.5. The molecule has 1 aromatic heterocycles. The maximum absolute atomic E-state index is 13.0. The number of ether oxygens (including phenoxy) is 4. The summed E-state index contributed by atoms with van der Waals surface area (Å²) in [5.41, 5.74) is 1.88. The van der Waals surface area contributed by atoms with Crippen LogP contribution in [0, 0.1) is 24.7 Å². The number of oxazole rings is 1. The largest absolute Gasteiger partial charge is 0.462 e. The zero-order valence-electron chi connectivity index (χ0n) is 26.9. The molecule has 9 atom stereocenters. The minimum absolute atomic E-state index is 0.000898. The Balaban J connectivity index is 1.51. The topological polar surface area (TPSA) is 121 Å². The fourth-order valence-corrected chi connectivity index (χ4v) is 6.11. The minimum atomic E-state index is -0.892. The lowest BCUT2D eigenvalue weighted by molar-refractivity contribution is -0.158. The van der Waals surface area contributed by atoms with E-state index in [1.54, 1.807) is 26.4 Å². The number of aromatic nitrogens is 1. The van der Waals surface area contributed by atoms with Gasteiger partial charge in [-0.1, -0.05) is 50.3 Å². The predicted molar refractivity (Wildman–Crippen MR) is 166 cm³/mol. The van der Waals surface area contributed by atoms with E-state index in [4.69, 9.17) is 23.4 Å². The van der Waals surface area contributed by atoms with Crippen LogP contribution < -0.4 is 0 Å². The molecule has 4 heterocycles. The monoisotopic (exact) mass is 609 g/mol. The highest BCUT2D eigenvalue weighted by Gasteiger charge is 2.57. The first-order chi connectivity index (χ1) is 20.9. The number of allylic oxidation sites excluding steroid dienone is 5. The van der Waals surface area contributed by atoms with Crippen molar-refractivity contribution in [2.45, 2.75) is 103 Å². The van der Waals surface area contributed by atoms with Crippen molar-refractivity contribution in [2.24, 2.45) is 17.8 Å². The molecule has 9 heteroatoms. The molecule has 0 radical (unpaired) electrons. The van der Waals surface area contributed by atoms with Crippen LogP contribution in [-0.4, -0.2) is 65.3 Å². The number of carbonyl (C=O) groups excluding carboxylic acids is 2. The van der Waals surface area contributed by atoms with Gasteiger partial charge in [-0.3, -0.25) is 4.79 Å². The van der Waals surface area contributed by atoms with E-state index in [9.17, 15) is 14.7 Å². The number of esters is 2. The van der Waals surface area contributed by atoms with Crippen LogP contribution in [0.5, 0.6) is 0 Å². The van der Waals surface area contributed by atoms with Crippen LogP contribution in [0.1, 0.15) is 71.9 Å². The molecule has 0 aromatic carbocycles. The molecular weight excluding hydrogens is 562 g/mol. The highest BCUT2D eigenvalue weighted by Crippen LogP contribution is 2.43. The van der Waals surface area contributed by atoms with Crippen LogP contribution in [0.3, 0.4) is 0 Å². The van der Waals surface area contributed by atoms with Crippen molar-refractivity contribution >= 4 is 18.0 Å². The van der Waals surface area contributed by atoms with Crippen molar-refractivity contribution in [3.05, 3.63) is 71.5 Å². The summed E-state index contributed by atoms with van der Waals surface area (Å²) < 4.78 is 28.7. The molecule has 0 amide bonds. The van der Waals surface area contributed by atoms with Crippen LogP contribution in [0.15, 0.2) is 64.4 Å². The number of fused-ring (bicyclic) bond motifs is 3. The number of aliphatic hydroxyl groups excluding tert-OH is 1. The van der Waals surface area contributed by atoms with Crippen molar-refractivity contribution in [1.82, 2.24) is 4.98 Å². The summed E-state index contributed by atoms with van der Waals surface area (Å²) in [6.45, 7) is 11.6. The first-order valence-electron chi connectivity index (χ1n) is 15.5. The lowest BCUT2D eigenvalue weighted by atomic mass is 9.85. The first kappa shape index (κ1) is 33.6. The Morgan fingerprint density at radius 3 is 2.68 bits per heavy atom. The number of epoxide rings is 1. The summed E-state index contributed by atoms with van der Waals surface area (Å²) in [7, 11) is 1.63. The smallest absolute Gasteiger partial charge is 0.330 e. The van der Waals surface area contributed by atoms with Crippen LogP contribution in [0.2, 0.25) is 0 Å². The lowest BCUT2D eigenvalue weighted by Crippen LogP contribution is -2.41. The van der Waals surface area contributed by atoms with E-state index in [0.717, 1.165) is 16.8 Å². The average molecular weight is 610 g/mol. The van der Waals surface area contributed by atoms with Gasteiger partial charge < -0.3 is 28.5 Å². The number of cyclic esters (lactones) is 1. The van der Waals surface area contributed by atoms with Gasteiger partial charge in [-0.2, -0.15) is 0 Å². The van der Waals surface area contributed by atoms with E-state index in [1.165, 1.54) is 6.08 Å². The Hall–Kier alpha value is -3.27. The number of hydrogen-bond donors (Lipinski definition) is 1. The van der Waals surface area contributed by atoms with Crippen molar-refractivity contribution < 1.29 is 38.1 Å². The number of nitrogens with zero attached hydrogens (tertiary/aromatic N) is 1. The van der Waals surface area contributed by atoms with Gasteiger partial charge in [-0.05, 0) is 56.8 Å². The molecule has 2 bridgehead atoms. The quantitative estimate of drug-likeness (QED) is 0.176. The van der Waals surface area contributed by atoms with Crippen LogP contribution in [0.4, 0.5) is 0 Å². The van der Waals surface area contributed by atoms with Crippen molar-refractivity contribution in [2.75, 3.05) is 7.11 Å². The number of hydrogen-bond acceptors (Lipinski definition) is 9. The number of methoxy groups -OCH3 is 1. The third-order valence-electron chi connectivity index (χ3n) is 8.97. The van der Waals surface area contributed by atoms with Crippen LogP contribution in [-0.2, 0) is 28.5 Å². The van der Waals surface area contributed by atoms with E-state index < -0.39 is 23.8 Å². The van der Waals surface area contributed by atoms with Gasteiger partial charge in [0.15, 0.2) is 5.89 Å². The molecule has 2 saturated heterocycles. The molecule has 1 aromatic rings. The predicted octanol–water partition coefficient (Wildman–Crippen LogP) is 5.83. The summed E-state index contributed by atoms with van der Waals surface area (Å²) in [4.78, 5) is 29.6. The van der Waals surface area contributed by atoms with Gasteiger partial charge in [0.25, 0.3) is 0 Å².